The first-order chi connectivity index (χ1) is 9.19. The molecule has 20 heavy (non-hydrogen) atoms. The molecule has 0 radical (unpaired) electrons. The van der Waals surface area contributed by atoms with E-state index in [-0.39, 0.29) is 11.5 Å². The zero-order valence-corrected chi connectivity index (χ0v) is 12.0. The van der Waals surface area contributed by atoms with E-state index < -0.39 is 64.2 Å². The molecule has 11 heteroatoms. The van der Waals surface area contributed by atoms with Gasteiger partial charge in [0.05, 0.1) is 13.2 Å². The van der Waals surface area contributed by atoms with Crippen molar-refractivity contribution in [1.82, 2.24) is 0 Å². The number of hydrogen-bond donors (Lipinski definition) is 5. The van der Waals surface area contributed by atoms with E-state index in [1.165, 1.54) is 0 Å². The molecule has 9 nitrogen and oxygen atoms in total. The van der Waals surface area contributed by atoms with Crippen LogP contribution in [0.15, 0.2) is 0 Å². The second kappa shape index (κ2) is 7.33. The van der Waals surface area contributed by atoms with Gasteiger partial charge in [0.25, 0.3) is 0 Å². The third kappa shape index (κ3) is 4.79. The summed E-state index contributed by atoms with van der Waals surface area (Å²) in [6.45, 7) is -1.28. The topological polar surface area (TPSA) is 168 Å². The summed E-state index contributed by atoms with van der Waals surface area (Å²) in [6, 6.07) is 0. The maximum Gasteiger partial charge on any atom is 0.218 e. The smallest absolute Gasteiger partial charge is 0.218 e. The van der Waals surface area contributed by atoms with Crippen LogP contribution >= 0.6 is 0 Å². The molecule has 0 spiro atoms. The van der Waals surface area contributed by atoms with Gasteiger partial charge in [0.15, 0.2) is 5.25 Å². The van der Waals surface area contributed by atoms with Crippen LogP contribution in [0.25, 0.3) is 0 Å². The summed E-state index contributed by atoms with van der Waals surface area (Å²) in [5, 5.41) is 46.3. The molecule has 1 heterocycles. The molecule has 6 atom stereocenters. The first-order valence-electron chi connectivity index (χ1n) is 5.76. The van der Waals surface area contributed by atoms with Crippen LogP contribution in [0.4, 0.5) is 0 Å². The summed E-state index contributed by atoms with van der Waals surface area (Å²) in [5.74, 6) is 0.0197. The lowest BCUT2D eigenvalue weighted by Crippen LogP contribution is -2.42. The molecule has 1 saturated heterocycles. The molecule has 1 aliphatic heterocycles. The lowest BCUT2D eigenvalue weighted by Gasteiger charge is -2.22. The molecule has 120 valence electrons. The van der Waals surface area contributed by atoms with Gasteiger partial charge < -0.3 is 30.1 Å². The van der Waals surface area contributed by atoms with Crippen molar-refractivity contribution in [1.29, 1.82) is 0 Å². The van der Waals surface area contributed by atoms with Crippen molar-refractivity contribution in [3.8, 4) is 0 Å². The molecule has 1 fully saturated rings. The van der Waals surface area contributed by atoms with Crippen molar-refractivity contribution in [3.05, 3.63) is 0 Å². The highest BCUT2D eigenvalue weighted by molar-refractivity contribution is 7.97. The third-order valence-corrected chi connectivity index (χ3v) is 6.31. The first-order valence-corrected chi connectivity index (χ1v) is 8.71. The Labute approximate surface area is 119 Å². The van der Waals surface area contributed by atoms with E-state index in [0.717, 1.165) is 0 Å². The Morgan fingerprint density at radius 3 is 2.40 bits per heavy atom. The van der Waals surface area contributed by atoms with Gasteiger partial charge in [0.2, 0.25) is 10.4 Å². The molecule has 0 amide bonds. The van der Waals surface area contributed by atoms with E-state index in [4.69, 9.17) is 10.2 Å². The predicted octanol–water partition coefficient (Wildman–Crippen LogP) is -4.10. The zero-order valence-electron chi connectivity index (χ0n) is 10.4. The lowest BCUT2D eigenvalue weighted by atomic mass is 10.2. The van der Waals surface area contributed by atoms with Crippen molar-refractivity contribution in [3.63, 3.8) is 0 Å². The van der Waals surface area contributed by atoms with Gasteiger partial charge in [-0.25, -0.2) is 8.42 Å². The average molecular weight is 334 g/mol. The van der Waals surface area contributed by atoms with Crippen LogP contribution in [-0.2, 0) is 25.5 Å². The Hall–Kier alpha value is 0.0200. The number of rotatable bonds is 7. The molecule has 1 rings (SSSR count). The molecule has 0 aliphatic carbocycles. The van der Waals surface area contributed by atoms with Gasteiger partial charge in [-0.05, 0) is 0 Å². The molecular formula is C9H18O9S2. The van der Waals surface area contributed by atoms with Gasteiger partial charge in [-0.3, -0.25) is 4.18 Å². The van der Waals surface area contributed by atoms with Crippen LogP contribution < -0.4 is 0 Å². The SMILES string of the molecule is O=S(=O)([O-])O[C@@H](CO)[C@H](O)C[S@+]1C[C@@H](O)[C@H](O)[C@H]1CO. The van der Waals surface area contributed by atoms with E-state index in [1.807, 2.05) is 0 Å². The van der Waals surface area contributed by atoms with Gasteiger partial charge >= 0.3 is 0 Å². The Kier molecular flexibility index (Phi) is 6.63. The highest BCUT2D eigenvalue weighted by atomic mass is 32.3. The predicted molar refractivity (Wildman–Crippen MR) is 67.6 cm³/mol. The van der Waals surface area contributed by atoms with Crippen LogP contribution in [0, 0.1) is 0 Å². The summed E-state index contributed by atoms with van der Waals surface area (Å²) < 4.78 is 35.4. The standard InChI is InChI=1S/C9H18O9S2/c10-1-7(18-20(15,16)17)5(12)3-19-4-6(13)9(14)8(19)2-11/h5-14H,1-4H2/t5-,6-,7+,8-,9+,19-/m1/s1. The zero-order chi connectivity index (χ0) is 15.5. The monoisotopic (exact) mass is 334 g/mol. The van der Waals surface area contributed by atoms with Crippen LogP contribution in [0.5, 0.6) is 0 Å². The largest absolute Gasteiger partial charge is 0.726 e. The minimum atomic E-state index is -5.07. The Morgan fingerprint density at radius 2 is 1.95 bits per heavy atom. The minimum Gasteiger partial charge on any atom is -0.726 e. The fraction of sp³-hybridized carbons (Fsp3) is 1.00. The summed E-state index contributed by atoms with van der Waals surface area (Å²) in [5.41, 5.74) is 0. The Morgan fingerprint density at radius 1 is 1.35 bits per heavy atom. The molecule has 1 aliphatic rings. The van der Waals surface area contributed by atoms with Crippen LogP contribution in [0.2, 0.25) is 0 Å². The third-order valence-electron chi connectivity index (χ3n) is 3.00. The Balaban J connectivity index is 2.66. The van der Waals surface area contributed by atoms with Gasteiger partial charge in [-0.1, -0.05) is 0 Å². The van der Waals surface area contributed by atoms with Gasteiger partial charge in [0.1, 0.15) is 35.9 Å². The molecule has 0 aromatic carbocycles. The summed E-state index contributed by atoms with van der Waals surface area (Å²) in [7, 11) is -5.86. The molecule has 0 bridgehead atoms. The van der Waals surface area contributed by atoms with E-state index in [2.05, 4.69) is 4.18 Å². The van der Waals surface area contributed by atoms with Crippen LogP contribution in [-0.4, -0.2) is 92.9 Å². The highest BCUT2D eigenvalue weighted by Crippen LogP contribution is 2.25. The van der Waals surface area contributed by atoms with Gasteiger partial charge in [-0.15, -0.1) is 0 Å². The molecular weight excluding hydrogens is 316 g/mol. The summed E-state index contributed by atoms with van der Waals surface area (Å²) in [4.78, 5) is 0. The maximum absolute atomic E-state index is 10.4. The van der Waals surface area contributed by atoms with Crippen molar-refractivity contribution >= 4 is 21.3 Å². The number of hydrogen-bond acceptors (Lipinski definition) is 9. The van der Waals surface area contributed by atoms with Crippen LogP contribution in [0.1, 0.15) is 0 Å². The molecule has 0 unspecified atom stereocenters. The van der Waals surface area contributed by atoms with Gasteiger partial charge in [0, 0.05) is 10.9 Å². The van der Waals surface area contributed by atoms with Gasteiger partial charge in [-0.2, -0.15) is 0 Å². The quantitative estimate of drug-likeness (QED) is 0.176. The van der Waals surface area contributed by atoms with Crippen LogP contribution in [0.3, 0.4) is 0 Å². The van der Waals surface area contributed by atoms with E-state index in [9.17, 15) is 28.3 Å². The molecule has 0 saturated carbocycles. The second-order valence-corrected chi connectivity index (χ2v) is 7.80. The fourth-order valence-corrected chi connectivity index (χ4v) is 5.18. The fourth-order valence-electron chi connectivity index (χ4n) is 1.99. The lowest BCUT2D eigenvalue weighted by molar-refractivity contribution is 0.0105. The van der Waals surface area contributed by atoms with Crippen molar-refractivity contribution < 1.29 is 42.7 Å². The summed E-state index contributed by atoms with van der Waals surface area (Å²) >= 11 is 0. The highest BCUT2D eigenvalue weighted by Gasteiger charge is 2.50. The second-order valence-electron chi connectivity index (χ2n) is 4.44. The molecule has 0 aromatic heterocycles. The van der Waals surface area contributed by atoms with Crippen molar-refractivity contribution in [2.24, 2.45) is 0 Å². The minimum absolute atomic E-state index is 0.111. The summed E-state index contributed by atoms with van der Waals surface area (Å²) in [6.07, 6.45) is -5.26. The van der Waals surface area contributed by atoms with Crippen molar-refractivity contribution in [2.45, 2.75) is 29.7 Å². The van der Waals surface area contributed by atoms with E-state index in [0.29, 0.717) is 0 Å². The van der Waals surface area contributed by atoms with E-state index in [1.54, 1.807) is 0 Å². The number of aliphatic hydroxyl groups is 5. The first kappa shape index (κ1) is 18.1. The maximum atomic E-state index is 10.4. The Bertz CT molecular complexity index is 400. The van der Waals surface area contributed by atoms with E-state index >= 15 is 0 Å². The average Bonchev–Trinajstić information content (AvgIpc) is 2.60. The normalized spacial score (nSPS) is 34.1. The molecule has 0 aromatic rings. The number of aliphatic hydroxyl groups excluding tert-OH is 5. The van der Waals surface area contributed by atoms with Crippen molar-refractivity contribution in [2.75, 3.05) is 24.7 Å². The molecule has 5 N–H and O–H groups in total.